The third-order valence-electron chi connectivity index (χ3n) is 3.14. The largest absolute Gasteiger partial charge is 0.494 e. The first kappa shape index (κ1) is 14.6. The Morgan fingerprint density at radius 1 is 1.22 bits per heavy atom. The Hall–Kier alpha value is -3.29. The predicted molar refractivity (Wildman–Crippen MR) is 80.1 cm³/mol. The molecule has 3 rings (SSSR count). The molecule has 0 unspecified atom stereocenters. The van der Waals surface area contributed by atoms with Crippen LogP contribution in [-0.4, -0.2) is 33.2 Å². The Balaban J connectivity index is 1.87. The lowest BCUT2D eigenvalue weighted by atomic mass is 10.2. The molecule has 0 aliphatic carbocycles. The molecule has 0 saturated heterocycles. The van der Waals surface area contributed by atoms with E-state index < -0.39 is 5.82 Å². The number of carbonyl (C=O) groups excluding carboxylic acids is 1. The van der Waals surface area contributed by atoms with E-state index >= 15 is 0 Å². The minimum atomic E-state index is -0.396. The van der Waals surface area contributed by atoms with Gasteiger partial charge in [-0.05, 0) is 52.9 Å². The smallest absolute Gasteiger partial charge is 0.255 e. The number of hydrogen-bond donors (Lipinski definition) is 1. The number of hydrogen-bond acceptors (Lipinski definition) is 5. The molecule has 1 amide bonds. The summed E-state index contributed by atoms with van der Waals surface area (Å²) in [5.74, 6) is -0.193. The van der Waals surface area contributed by atoms with E-state index in [1.807, 2.05) is 0 Å². The van der Waals surface area contributed by atoms with Crippen molar-refractivity contribution in [2.75, 3.05) is 12.4 Å². The summed E-state index contributed by atoms with van der Waals surface area (Å²) >= 11 is 0. The third-order valence-corrected chi connectivity index (χ3v) is 3.14. The summed E-state index contributed by atoms with van der Waals surface area (Å²) in [6, 6.07) is 10.3. The number of amides is 1. The van der Waals surface area contributed by atoms with Gasteiger partial charge in [-0.3, -0.25) is 4.79 Å². The second-order valence-corrected chi connectivity index (χ2v) is 4.60. The Morgan fingerprint density at radius 2 is 2.00 bits per heavy atom. The van der Waals surface area contributed by atoms with Gasteiger partial charge in [0.05, 0.1) is 7.11 Å². The minimum Gasteiger partial charge on any atom is -0.494 e. The summed E-state index contributed by atoms with van der Waals surface area (Å²) in [5.41, 5.74) is 1.46. The molecule has 0 spiro atoms. The zero-order valence-corrected chi connectivity index (χ0v) is 12.1. The first-order valence-electron chi connectivity index (χ1n) is 6.65. The second-order valence-electron chi connectivity index (χ2n) is 4.60. The molecule has 1 heterocycles. The van der Waals surface area contributed by atoms with E-state index in [4.69, 9.17) is 4.74 Å². The van der Waals surface area contributed by atoms with Crippen molar-refractivity contribution in [1.29, 1.82) is 0 Å². The van der Waals surface area contributed by atoms with Gasteiger partial charge in [-0.2, -0.15) is 4.68 Å². The van der Waals surface area contributed by atoms with Gasteiger partial charge in [0.15, 0.2) is 0 Å². The van der Waals surface area contributed by atoms with Crippen molar-refractivity contribution >= 4 is 11.6 Å². The highest BCUT2D eigenvalue weighted by Gasteiger charge is 2.11. The summed E-state index contributed by atoms with van der Waals surface area (Å²) < 4.78 is 19.6. The first-order chi connectivity index (χ1) is 11.2. The number of anilines is 1. The molecule has 0 aliphatic heterocycles. The van der Waals surface area contributed by atoms with Crippen molar-refractivity contribution in [3.8, 4) is 11.4 Å². The number of carbonyl (C=O) groups is 1. The van der Waals surface area contributed by atoms with Crippen LogP contribution in [0.4, 0.5) is 10.1 Å². The zero-order valence-electron chi connectivity index (χ0n) is 12.1. The standard InChI is InChI=1S/C15H12FN5O2/c1-23-14-7-6-12(8-13(14)21-9-17-19-20-21)18-15(22)10-2-4-11(16)5-3-10/h2-9H,1H3,(H,18,22). The van der Waals surface area contributed by atoms with Gasteiger partial charge in [0.2, 0.25) is 0 Å². The van der Waals surface area contributed by atoms with Gasteiger partial charge in [-0.15, -0.1) is 5.10 Å². The first-order valence-corrected chi connectivity index (χ1v) is 6.65. The van der Waals surface area contributed by atoms with E-state index in [0.717, 1.165) is 0 Å². The fraction of sp³-hybridized carbons (Fsp3) is 0.0667. The van der Waals surface area contributed by atoms with Gasteiger partial charge in [-0.1, -0.05) is 0 Å². The maximum atomic E-state index is 12.9. The van der Waals surface area contributed by atoms with Crippen molar-refractivity contribution < 1.29 is 13.9 Å². The summed E-state index contributed by atoms with van der Waals surface area (Å²) in [5, 5.41) is 13.7. The van der Waals surface area contributed by atoms with Crippen molar-refractivity contribution in [2.45, 2.75) is 0 Å². The van der Waals surface area contributed by atoms with Crippen LogP contribution in [0.2, 0.25) is 0 Å². The quantitative estimate of drug-likeness (QED) is 0.797. The molecule has 0 fully saturated rings. The van der Waals surface area contributed by atoms with Crippen LogP contribution >= 0.6 is 0 Å². The highest BCUT2D eigenvalue weighted by atomic mass is 19.1. The van der Waals surface area contributed by atoms with Gasteiger partial charge in [0.25, 0.3) is 5.91 Å². The Kier molecular flexibility index (Phi) is 3.96. The minimum absolute atomic E-state index is 0.349. The number of nitrogens with zero attached hydrogens (tertiary/aromatic N) is 4. The maximum absolute atomic E-state index is 12.9. The van der Waals surface area contributed by atoms with Crippen LogP contribution < -0.4 is 10.1 Å². The molecule has 1 aromatic heterocycles. The monoisotopic (exact) mass is 313 g/mol. The molecule has 0 radical (unpaired) electrons. The number of aromatic nitrogens is 4. The summed E-state index contributed by atoms with van der Waals surface area (Å²) in [7, 11) is 1.53. The predicted octanol–water partition coefficient (Wildman–Crippen LogP) is 2.06. The summed E-state index contributed by atoms with van der Waals surface area (Å²) in [4.78, 5) is 12.2. The van der Waals surface area contributed by atoms with Gasteiger partial charge in [0.1, 0.15) is 23.6 Å². The highest BCUT2D eigenvalue weighted by molar-refractivity contribution is 6.04. The SMILES string of the molecule is COc1ccc(NC(=O)c2ccc(F)cc2)cc1-n1cnnn1. The molecule has 0 bridgehead atoms. The molecule has 3 aromatic rings. The van der Waals surface area contributed by atoms with Crippen LogP contribution in [0.25, 0.3) is 5.69 Å². The lowest BCUT2D eigenvalue weighted by Gasteiger charge is -2.11. The Morgan fingerprint density at radius 3 is 2.65 bits per heavy atom. The molecular weight excluding hydrogens is 301 g/mol. The molecule has 8 heteroatoms. The number of methoxy groups -OCH3 is 1. The number of rotatable bonds is 4. The molecule has 1 N–H and O–H groups in total. The molecule has 2 aromatic carbocycles. The van der Waals surface area contributed by atoms with Crippen LogP contribution in [0.5, 0.6) is 5.75 Å². The average molecular weight is 313 g/mol. The van der Waals surface area contributed by atoms with Crippen LogP contribution in [0, 0.1) is 5.82 Å². The number of halogens is 1. The summed E-state index contributed by atoms with van der Waals surface area (Å²) in [6.45, 7) is 0. The highest BCUT2D eigenvalue weighted by Crippen LogP contribution is 2.25. The Bertz CT molecular complexity index is 818. The van der Waals surface area contributed by atoms with Gasteiger partial charge < -0.3 is 10.1 Å². The van der Waals surface area contributed by atoms with Gasteiger partial charge >= 0.3 is 0 Å². The van der Waals surface area contributed by atoms with E-state index in [9.17, 15) is 9.18 Å². The van der Waals surface area contributed by atoms with E-state index in [2.05, 4.69) is 20.8 Å². The van der Waals surface area contributed by atoms with Crippen LogP contribution in [-0.2, 0) is 0 Å². The van der Waals surface area contributed by atoms with Gasteiger partial charge in [0, 0.05) is 11.3 Å². The number of tetrazole rings is 1. The Labute approximate surface area is 130 Å². The number of nitrogens with one attached hydrogen (secondary N) is 1. The van der Waals surface area contributed by atoms with E-state index in [1.165, 1.54) is 42.4 Å². The van der Waals surface area contributed by atoms with Crippen LogP contribution in [0.3, 0.4) is 0 Å². The lowest BCUT2D eigenvalue weighted by molar-refractivity contribution is 0.102. The van der Waals surface area contributed by atoms with Crippen molar-refractivity contribution in [3.05, 3.63) is 60.2 Å². The fourth-order valence-corrected chi connectivity index (χ4v) is 2.02. The molecule has 116 valence electrons. The average Bonchev–Trinajstić information content (AvgIpc) is 3.09. The number of ether oxygens (including phenoxy) is 1. The van der Waals surface area contributed by atoms with Crippen LogP contribution in [0.1, 0.15) is 10.4 Å². The molecule has 7 nitrogen and oxygen atoms in total. The molecule has 0 atom stereocenters. The zero-order chi connectivity index (χ0) is 16.2. The van der Waals surface area contributed by atoms with Gasteiger partial charge in [-0.25, -0.2) is 4.39 Å². The fourth-order valence-electron chi connectivity index (χ4n) is 2.02. The maximum Gasteiger partial charge on any atom is 0.255 e. The van der Waals surface area contributed by atoms with Crippen molar-refractivity contribution in [3.63, 3.8) is 0 Å². The topological polar surface area (TPSA) is 81.9 Å². The normalized spacial score (nSPS) is 10.3. The number of benzene rings is 2. The second kappa shape index (κ2) is 6.22. The van der Waals surface area contributed by atoms with E-state index in [1.54, 1.807) is 18.2 Å². The lowest BCUT2D eigenvalue weighted by Crippen LogP contribution is -2.12. The van der Waals surface area contributed by atoms with Crippen LogP contribution in [0.15, 0.2) is 48.8 Å². The summed E-state index contributed by atoms with van der Waals surface area (Å²) in [6.07, 6.45) is 1.42. The van der Waals surface area contributed by atoms with E-state index in [-0.39, 0.29) is 5.91 Å². The van der Waals surface area contributed by atoms with Crippen molar-refractivity contribution in [1.82, 2.24) is 20.2 Å². The van der Waals surface area contributed by atoms with E-state index in [0.29, 0.717) is 22.7 Å². The molecule has 23 heavy (non-hydrogen) atoms. The molecular formula is C15H12FN5O2. The van der Waals surface area contributed by atoms with Crippen molar-refractivity contribution in [2.24, 2.45) is 0 Å². The molecule has 0 aliphatic rings. The molecule has 0 saturated carbocycles. The third kappa shape index (κ3) is 3.15.